The van der Waals surface area contributed by atoms with Gasteiger partial charge in [-0.1, -0.05) is 25.9 Å². The molecule has 0 unspecified atom stereocenters. The summed E-state index contributed by atoms with van der Waals surface area (Å²) in [4.78, 5) is 4.51. The predicted molar refractivity (Wildman–Crippen MR) is 74.0 cm³/mol. The minimum Gasteiger partial charge on any atom is -0.381 e. The van der Waals surface area contributed by atoms with Gasteiger partial charge in [-0.05, 0) is 12.3 Å². The van der Waals surface area contributed by atoms with E-state index in [9.17, 15) is 0 Å². The lowest BCUT2D eigenvalue weighted by molar-refractivity contribution is -0.118. The van der Waals surface area contributed by atoms with Gasteiger partial charge in [-0.25, -0.2) is 0 Å². The van der Waals surface area contributed by atoms with Crippen molar-refractivity contribution in [2.45, 2.75) is 52.2 Å². The number of rotatable bonds is 4. The smallest absolute Gasteiger partial charge is 0.244 e. The van der Waals surface area contributed by atoms with Crippen molar-refractivity contribution in [3.8, 4) is 0 Å². The first kappa shape index (κ1) is 15.4. The van der Waals surface area contributed by atoms with Crippen LogP contribution in [0.5, 0.6) is 0 Å². The summed E-state index contributed by atoms with van der Waals surface area (Å²) in [5.74, 6) is 1.07. The van der Waals surface area contributed by atoms with E-state index in [0.29, 0.717) is 31.5 Å². The summed E-state index contributed by atoms with van der Waals surface area (Å²) in [6, 6.07) is -0.290. The molecule has 2 N–H and O–H groups in total. The zero-order valence-corrected chi connectivity index (χ0v) is 12.8. The molecule has 6 nitrogen and oxygen atoms in total. The van der Waals surface area contributed by atoms with E-state index in [1.807, 2.05) is 27.7 Å². The molecule has 1 atom stereocenters. The van der Waals surface area contributed by atoms with Crippen LogP contribution in [0.15, 0.2) is 4.52 Å². The van der Waals surface area contributed by atoms with Gasteiger partial charge in [0, 0.05) is 32.7 Å². The van der Waals surface area contributed by atoms with Gasteiger partial charge < -0.3 is 19.7 Å². The maximum absolute atomic E-state index is 6.17. The molecule has 1 aliphatic rings. The lowest BCUT2D eigenvalue weighted by Crippen LogP contribution is -2.38. The van der Waals surface area contributed by atoms with Crippen molar-refractivity contribution in [1.29, 1.82) is 0 Å². The highest BCUT2D eigenvalue weighted by atomic mass is 16.5. The first-order chi connectivity index (χ1) is 9.39. The third-order valence-corrected chi connectivity index (χ3v) is 3.77. The second-order valence-corrected chi connectivity index (χ2v) is 6.34. The predicted octanol–water partition coefficient (Wildman–Crippen LogP) is 2.16. The molecular weight excluding hydrogens is 258 g/mol. The maximum atomic E-state index is 6.17. The van der Waals surface area contributed by atoms with Gasteiger partial charge in [0.2, 0.25) is 11.7 Å². The van der Waals surface area contributed by atoms with Gasteiger partial charge >= 0.3 is 0 Å². The van der Waals surface area contributed by atoms with Crippen molar-refractivity contribution in [2.24, 2.45) is 11.1 Å². The molecule has 6 heteroatoms. The second-order valence-electron chi connectivity index (χ2n) is 6.34. The van der Waals surface area contributed by atoms with Gasteiger partial charge in [0.25, 0.3) is 0 Å². The Balaban J connectivity index is 2.25. The SMILES string of the molecule is CCOC1(c2noc([C@H](N)C(C)(C)C)n2)CCOCC1. The Morgan fingerprint density at radius 2 is 2.00 bits per heavy atom. The Kier molecular flexibility index (Phi) is 4.46. The fraction of sp³-hybridized carbons (Fsp3) is 0.857. The van der Waals surface area contributed by atoms with E-state index in [4.69, 9.17) is 19.7 Å². The Hall–Kier alpha value is -0.980. The molecule has 0 amide bonds. The third kappa shape index (κ3) is 3.02. The van der Waals surface area contributed by atoms with Crippen LogP contribution in [0.1, 0.15) is 58.3 Å². The van der Waals surface area contributed by atoms with Crippen molar-refractivity contribution < 1.29 is 14.0 Å². The summed E-state index contributed by atoms with van der Waals surface area (Å²) in [5, 5.41) is 4.12. The van der Waals surface area contributed by atoms with Crippen LogP contribution in [0, 0.1) is 5.41 Å². The second kappa shape index (κ2) is 5.79. The third-order valence-electron chi connectivity index (χ3n) is 3.77. The van der Waals surface area contributed by atoms with Crippen molar-refractivity contribution in [3.05, 3.63) is 11.7 Å². The van der Waals surface area contributed by atoms with Crippen LogP contribution in [-0.2, 0) is 15.1 Å². The molecule has 20 heavy (non-hydrogen) atoms. The zero-order valence-electron chi connectivity index (χ0n) is 12.8. The Morgan fingerprint density at radius 3 is 2.55 bits per heavy atom. The largest absolute Gasteiger partial charge is 0.381 e. The molecule has 1 aliphatic heterocycles. The molecule has 114 valence electrons. The zero-order chi connectivity index (χ0) is 14.8. The normalized spacial score (nSPS) is 20.9. The fourth-order valence-corrected chi connectivity index (χ4v) is 2.33. The van der Waals surface area contributed by atoms with Crippen LogP contribution in [0.25, 0.3) is 0 Å². The maximum Gasteiger partial charge on any atom is 0.244 e. The number of hydrogen-bond acceptors (Lipinski definition) is 6. The highest BCUT2D eigenvalue weighted by molar-refractivity contribution is 5.06. The van der Waals surface area contributed by atoms with Crippen LogP contribution >= 0.6 is 0 Å². The Labute approximate surface area is 120 Å². The summed E-state index contributed by atoms with van der Waals surface area (Å²) in [6.45, 7) is 10.0. The van der Waals surface area contributed by atoms with E-state index in [0.717, 1.165) is 12.8 Å². The van der Waals surface area contributed by atoms with E-state index in [2.05, 4.69) is 10.1 Å². The van der Waals surface area contributed by atoms with Gasteiger partial charge in [0.15, 0.2) is 0 Å². The summed E-state index contributed by atoms with van der Waals surface area (Å²) in [7, 11) is 0. The van der Waals surface area contributed by atoms with Gasteiger partial charge in [-0.2, -0.15) is 4.98 Å². The standard InChI is InChI=1S/C14H25N3O3/c1-5-19-14(6-8-18-9-7-14)12-16-11(20-17-12)10(15)13(2,3)4/h10H,5-9,15H2,1-4H3/t10-/m0/s1. The van der Waals surface area contributed by atoms with Gasteiger partial charge in [-0.15, -0.1) is 0 Å². The summed E-state index contributed by atoms with van der Waals surface area (Å²) < 4.78 is 16.7. The van der Waals surface area contributed by atoms with Crippen LogP contribution in [-0.4, -0.2) is 30.0 Å². The molecule has 0 aliphatic carbocycles. The highest BCUT2D eigenvalue weighted by Gasteiger charge is 2.41. The van der Waals surface area contributed by atoms with Crippen LogP contribution in [0.4, 0.5) is 0 Å². The summed E-state index contributed by atoms with van der Waals surface area (Å²) in [6.07, 6.45) is 1.48. The number of nitrogens with zero attached hydrogens (tertiary/aromatic N) is 2. The van der Waals surface area contributed by atoms with Crippen molar-refractivity contribution >= 4 is 0 Å². The van der Waals surface area contributed by atoms with E-state index in [1.54, 1.807) is 0 Å². The van der Waals surface area contributed by atoms with E-state index >= 15 is 0 Å². The molecule has 2 rings (SSSR count). The molecule has 0 bridgehead atoms. The first-order valence-corrected chi connectivity index (χ1v) is 7.20. The highest BCUT2D eigenvalue weighted by Crippen LogP contribution is 2.36. The summed E-state index contributed by atoms with van der Waals surface area (Å²) >= 11 is 0. The lowest BCUT2D eigenvalue weighted by atomic mass is 9.87. The van der Waals surface area contributed by atoms with E-state index < -0.39 is 5.60 Å². The molecule has 2 heterocycles. The molecule has 1 aromatic heterocycles. The number of nitrogens with two attached hydrogens (primary N) is 1. The Bertz CT molecular complexity index is 428. The molecule has 0 saturated carbocycles. The molecule has 1 aromatic rings. The van der Waals surface area contributed by atoms with Crippen LogP contribution < -0.4 is 5.73 Å². The topological polar surface area (TPSA) is 83.4 Å². The molecule has 1 fully saturated rings. The average Bonchev–Trinajstić information content (AvgIpc) is 2.88. The average molecular weight is 283 g/mol. The minimum absolute atomic E-state index is 0.127. The van der Waals surface area contributed by atoms with Gasteiger partial charge in [0.1, 0.15) is 5.60 Å². The van der Waals surface area contributed by atoms with Crippen molar-refractivity contribution in [2.75, 3.05) is 19.8 Å². The molecule has 0 radical (unpaired) electrons. The van der Waals surface area contributed by atoms with Gasteiger partial charge in [-0.3, -0.25) is 0 Å². The molecule has 0 spiro atoms. The Morgan fingerprint density at radius 1 is 1.35 bits per heavy atom. The summed E-state index contributed by atoms with van der Waals surface area (Å²) in [5.41, 5.74) is 5.55. The number of ether oxygens (including phenoxy) is 2. The first-order valence-electron chi connectivity index (χ1n) is 7.20. The lowest BCUT2D eigenvalue weighted by Gasteiger charge is -2.33. The van der Waals surface area contributed by atoms with E-state index in [1.165, 1.54) is 0 Å². The van der Waals surface area contributed by atoms with Crippen molar-refractivity contribution in [3.63, 3.8) is 0 Å². The number of aromatic nitrogens is 2. The monoisotopic (exact) mass is 283 g/mol. The molecular formula is C14H25N3O3. The number of hydrogen-bond donors (Lipinski definition) is 1. The molecule has 1 saturated heterocycles. The van der Waals surface area contributed by atoms with Crippen LogP contribution in [0.2, 0.25) is 0 Å². The van der Waals surface area contributed by atoms with E-state index in [-0.39, 0.29) is 11.5 Å². The molecule has 0 aromatic carbocycles. The quantitative estimate of drug-likeness (QED) is 0.911. The van der Waals surface area contributed by atoms with Crippen molar-refractivity contribution in [1.82, 2.24) is 10.1 Å². The van der Waals surface area contributed by atoms with Gasteiger partial charge in [0.05, 0.1) is 6.04 Å². The minimum atomic E-state index is -0.494. The fourth-order valence-electron chi connectivity index (χ4n) is 2.33. The van der Waals surface area contributed by atoms with Crippen LogP contribution in [0.3, 0.4) is 0 Å².